The molecule has 4 nitrogen and oxygen atoms in total. The maximum atomic E-state index is 11.7. The smallest absolute Gasteiger partial charge is 0.228 e. The predicted molar refractivity (Wildman–Crippen MR) is 128 cm³/mol. The Kier molecular flexibility index (Phi) is 9.85. The van der Waals surface area contributed by atoms with E-state index in [9.17, 15) is 8.42 Å². The van der Waals surface area contributed by atoms with Gasteiger partial charge in [-0.15, -0.1) is 12.4 Å². The number of halogens is 2. The first-order chi connectivity index (χ1) is 14.0. The van der Waals surface area contributed by atoms with Crippen molar-refractivity contribution in [1.82, 2.24) is 10.2 Å². The van der Waals surface area contributed by atoms with Crippen molar-refractivity contribution >= 4 is 39.3 Å². The highest BCUT2D eigenvalue weighted by atomic mass is 35.5. The van der Waals surface area contributed by atoms with Gasteiger partial charge in [0.2, 0.25) is 10.3 Å². The van der Waals surface area contributed by atoms with Crippen LogP contribution in [0.25, 0.3) is 0 Å². The standard InChI is InChI=1S/C15H20N2O2S.C8H9Cl.ClH/c18-20(19)15(13-5-8-16-9-6-13)17-10-7-12-3-1-2-4-14(12)11-17;1-6-3-4-7(2)8(9)5-6;/h1-4,13,16H,5-11H2;3-5H,1-2H3;1H. The fourth-order valence-corrected chi connectivity index (χ4v) is 5.06. The molecule has 30 heavy (non-hydrogen) atoms. The highest BCUT2D eigenvalue weighted by Crippen LogP contribution is 2.23. The number of hydrogen-bond acceptors (Lipinski definition) is 3. The Hall–Kier alpha value is -1.37. The Labute approximate surface area is 192 Å². The molecule has 0 spiro atoms. The van der Waals surface area contributed by atoms with Crippen LogP contribution in [-0.2, 0) is 23.3 Å². The zero-order chi connectivity index (χ0) is 20.8. The molecule has 1 fully saturated rings. The molecule has 4 rings (SSSR count). The van der Waals surface area contributed by atoms with E-state index in [1.165, 1.54) is 16.7 Å². The average molecular weight is 469 g/mol. The maximum absolute atomic E-state index is 11.7. The fourth-order valence-electron chi connectivity index (χ4n) is 3.95. The summed E-state index contributed by atoms with van der Waals surface area (Å²) in [5.74, 6) is 0.180. The van der Waals surface area contributed by atoms with Crippen molar-refractivity contribution in [3.63, 3.8) is 0 Å². The van der Waals surface area contributed by atoms with Crippen LogP contribution in [0.1, 0.15) is 35.1 Å². The lowest BCUT2D eigenvalue weighted by Crippen LogP contribution is -2.43. The molecule has 2 heterocycles. The second kappa shape index (κ2) is 11.9. The van der Waals surface area contributed by atoms with Crippen LogP contribution in [0.3, 0.4) is 0 Å². The fraction of sp³-hybridized carbons (Fsp3) is 0.435. The molecule has 2 aliphatic rings. The molecule has 0 saturated carbocycles. The van der Waals surface area contributed by atoms with E-state index in [1.54, 1.807) is 0 Å². The minimum Gasteiger partial charge on any atom is -0.317 e. The second-order valence-electron chi connectivity index (χ2n) is 7.79. The number of hydrogen-bond donors (Lipinski definition) is 1. The molecule has 0 radical (unpaired) electrons. The molecule has 0 atom stereocenters. The summed E-state index contributed by atoms with van der Waals surface area (Å²) < 4.78 is 23.4. The first-order valence-electron chi connectivity index (χ1n) is 10.2. The first-order valence-corrected chi connectivity index (χ1v) is 11.6. The largest absolute Gasteiger partial charge is 0.317 e. The molecule has 0 amide bonds. The molecule has 0 aromatic heterocycles. The van der Waals surface area contributed by atoms with Crippen LogP contribution >= 0.6 is 24.0 Å². The van der Waals surface area contributed by atoms with Crippen LogP contribution < -0.4 is 5.32 Å². The van der Waals surface area contributed by atoms with Crippen LogP contribution in [0.4, 0.5) is 0 Å². The van der Waals surface area contributed by atoms with Gasteiger partial charge in [-0.25, -0.2) is 0 Å². The average Bonchev–Trinajstić information content (AvgIpc) is 2.72. The summed E-state index contributed by atoms with van der Waals surface area (Å²) in [6, 6.07) is 14.4. The Bertz CT molecular complexity index is 978. The lowest BCUT2D eigenvalue weighted by molar-refractivity contribution is 0.352. The Balaban J connectivity index is 0.000000272. The third-order valence-electron chi connectivity index (χ3n) is 5.63. The molecule has 0 bridgehead atoms. The van der Waals surface area contributed by atoms with Crippen LogP contribution in [0.2, 0.25) is 5.02 Å². The van der Waals surface area contributed by atoms with E-state index < -0.39 is 10.3 Å². The van der Waals surface area contributed by atoms with Crippen LogP contribution in [0, 0.1) is 19.8 Å². The summed E-state index contributed by atoms with van der Waals surface area (Å²) in [4.78, 5) is 2.70. The van der Waals surface area contributed by atoms with Crippen molar-refractivity contribution in [1.29, 1.82) is 0 Å². The number of nitrogens with zero attached hydrogens (tertiary/aromatic N) is 1. The van der Waals surface area contributed by atoms with Crippen LogP contribution in [0.5, 0.6) is 0 Å². The van der Waals surface area contributed by atoms with E-state index in [-0.39, 0.29) is 18.3 Å². The molecule has 2 aliphatic heterocycles. The van der Waals surface area contributed by atoms with Crippen molar-refractivity contribution in [2.45, 2.75) is 39.7 Å². The highest BCUT2D eigenvalue weighted by Gasteiger charge is 2.28. The van der Waals surface area contributed by atoms with E-state index in [2.05, 4.69) is 34.5 Å². The summed E-state index contributed by atoms with van der Waals surface area (Å²) in [6.07, 6.45) is 2.77. The van der Waals surface area contributed by atoms with Crippen molar-refractivity contribution in [2.24, 2.45) is 5.92 Å². The minimum atomic E-state index is -2.11. The molecule has 1 N–H and O–H groups in total. The van der Waals surface area contributed by atoms with E-state index >= 15 is 0 Å². The number of aryl methyl sites for hydroxylation is 2. The number of piperidine rings is 1. The van der Waals surface area contributed by atoms with E-state index in [0.717, 1.165) is 56.0 Å². The lowest BCUT2D eigenvalue weighted by atomic mass is 9.94. The number of nitrogens with one attached hydrogen (secondary N) is 1. The van der Waals surface area contributed by atoms with Gasteiger partial charge in [-0.3, -0.25) is 4.90 Å². The van der Waals surface area contributed by atoms with Crippen molar-refractivity contribution in [2.75, 3.05) is 19.6 Å². The third-order valence-corrected chi connectivity index (χ3v) is 6.97. The van der Waals surface area contributed by atoms with Crippen LogP contribution in [0.15, 0.2) is 42.5 Å². The van der Waals surface area contributed by atoms with Crippen molar-refractivity contribution in [3.8, 4) is 0 Å². The van der Waals surface area contributed by atoms with Gasteiger partial charge in [0.15, 0.2) is 0 Å². The maximum Gasteiger partial charge on any atom is 0.228 e. The summed E-state index contributed by atoms with van der Waals surface area (Å²) in [5.41, 5.74) is 4.97. The normalized spacial score (nSPS) is 16.5. The Morgan fingerprint density at radius 1 is 1.07 bits per heavy atom. The molecule has 0 unspecified atom stereocenters. The first kappa shape index (κ1) is 24.9. The molecule has 0 aliphatic carbocycles. The third kappa shape index (κ3) is 6.56. The monoisotopic (exact) mass is 468 g/mol. The van der Waals surface area contributed by atoms with Gasteiger partial charge in [-0.2, -0.15) is 8.42 Å². The lowest BCUT2D eigenvalue weighted by Gasteiger charge is -2.33. The van der Waals surface area contributed by atoms with Crippen LogP contribution in [-0.4, -0.2) is 37.9 Å². The van der Waals surface area contributed by atoms with Gasteiger partial charge in [0.25, 0.3) is 0 Å². The quantitative estimate of drug-likeness (QED) is 0.628. The SMILES string of the molecule is Cc1ccc(C)c(Cl)c1.Cl.O=S(=O)=C(C1CCNCC1)N1CCc2ccccc2C1. The Morgan fingerprint density at radius 3 is 2.33 bits per heavy atom. The Morgan fingerprint density at radius 2 is 1.73 bits per heavy atom. The van der Waals surface area contributed by atoms with E-state index in [0.29, 0.717) is 4.99 Å². The summed E-state index contributed by atoms with van der Waals surface area (Å²) >= 11 is 5.81. The van der Waals surface area contributed by atoms with Crippen molar-refractivity contribution in [3.05, 3.63) is 69.7 Å². The second-order valence-corrected chi connectivity index (χ2v) is 9.09. The van der Waals surface area contributed by atoms with Gasteiger partial charge >= 0.3 is 0 Å². The molecule has 1 saturated heterocycles. The van der Waals surface area contributed by atoms with Gasteiger partial charge in [0, 0.05) is 24.0 Å². The summed E-state index contributed by atoms with van der Waals surface area (Å²) in [5, 5.41) is 4.15. The van der Waals surface area contributed by atoms with Gasteiger partial charge < -0.3 is 5.32 Å². The molecule has 2 aromatic carbocycles. The minimum absolute atomic E-state index is 0. The highest BCUT2D eigenvalue weighted by molar-refractivity contribution is 7.72. The zero-order valence-corrected chi connectivity index (χ0v) is 19.9. The van der Waals surface area contributed by atoms with Gasteiger partial charge in [0.05, 0.1) is 0 Å². The molecule has 7 heteroatoms. The van der Waals surface area contributed by atoms with Gasteiger partial charge in [-0.05, 0) is 74.5 Å². The molecule has 164 valence electrons. The molecule has 2 aromatic rings. The predicted octanol–water partition coefficient (Wildman–Crippen LogP) is 4.43. The summed E-state index contributed by atoms with van der Waals surface area (Å²) in [6.45, 7) is 7.40. The van der Waals surface area contributed by atoms with E-state index in [4.69, 9.17) is 11.6 Å². The van der Waals surface area contributed by atoms with Gasteiger partial charge in [0.1, 0.15) is 4.99 Å². The number of rotatable bonds is 1. The van der Waals surface area contributed by atoms with Crippen molar-refractivity contribution < 1.29 is 8.42 Å². The number of benzene rings is 2. The topological polar surface area (TPSA) is 49.4 Å². The zero-order valence-electron chi connectivity index (χ0n) is 17.5. The number of fused-ring (bicyclic) bond motifs is 1. The van der Waals surface area contributed by atoms with Gasteiger partial charge in [-0.1, -0.05) is 48.0 Å². The molecular weight excluding hydrogens is 439 g/mol. The summed E-state index contributed by atoms with van der Waals surface area (Å²) in [7, 11) is -2.11. The molecular formula is C23H30Cl2N2O2S. The van der Waals surface area contributed by atoms with E-state index in [1.807, 2.05) is 32.0 Å².